The molecular formula is C26H34N6O2. The summed E-state index contributed by atoms with van der Waals surface area (Å²) in [5.74, 6) is 0.910. The fraction of sp³-hybridized carbons (Fsp3) is 0.500. The molecule has 4 heterocycles. The van der Waals surface area contributed by atoms with E-state index in [9.17, 15) is 9.59 Å². The zero-order valence-corrected chi connectivity index (χ0v) is 20.0. The average Bonchev–Trinajstić information content (AvgIpc) is 3.01. The lowest BCUT2D eigenvalue weighted by molar-refractivity contribution is 0.0673. The predicted octanol–water partition coefficient (Wildman–Crippen LogP) is 2.96. The molecule has 0 unspecified atom stereocenters. The Morgan fingerprint density at radius 1 is 1.03 bits per heavy atom. The van der Waals surface area contributed by atoms with E-state index >= 15 is 0 Å². The zero-order chi connectivity index (χ0) is 23.7. The molecule has 2 aromatic rings. The lowest BCUT2D eigenvalue weighted by atomic mass is 10.0. The maximum absolute atomic E-state index is 13.1. The number of benzene rings is 1. The number of carbonyl (C=O) groups is 2. The summed E-state index contributed by atoms with van der Waals surface area (Å²) in [5, 5.41) is 6.56. The molecule has 3 amide bonds. The molecule has 0 radical (unpaired) electrons. The number of hydrogen-bond donors (Lipinski definition) is 2. The Balaban J connectivity index is 1.21. The number of carbonyl (C=O) groups excluding carboxylic acids is 2. The van der Waals surface area contributed by atoms with Gasteiger partial charge in [-0.05, 0) is 56.9 Å². The molecule has 3 aliphatic heterocycles. The zero-order valence-electron chi connectivity index (χ0n) is 20.0. The van der Waals surface area contributed by atoms with Gasteiger partial charge in [0.2, 0.25) is 0 Å². The summed E-state index contributed by atoms with van der Waals surface area (Å²) >= 11 is 0. The van der Waals surface area contributed by atoms with Crippen molar-refractivity contribution >= 4 is 23.4 Å². The van der Waals surface area contributed by atoms with E-state index in [1.54, 1.807) is 6.20 Å². The highest BCUT2D eigenvalue weighted by Gasteiger charge is 2.31. The molecule has 2 N–H and O–H groups in total. The fourth-order valence-electron chi connectivity index (χ4n) is 5.54. The molecule has 2 saturated heterocycles. The van der Waals surface area contributed by atoms with E-state index < -0.39 is 0 Å². The maximum Gasteiger partial charge on any atom is 0.322 e. The monoisotopic (exact) mass is 462 g/mol. The molecule has 180 valence electrons. The van der Waals surface area contributed by atoms with E-state index in [0.29, 0.717) is 18.7 Å². The van der Waals surface area contributed by atoms with Gasteiger partial charge < -0.3 is 25.3 Å². The Morgan fingerprint density at radius 2 is 1.76 bits per heavy atom. The predicted molar refractivity (Wildman–Crippen MR) is 133 cm³/mol. The highest BCUT2D eigenvalue weighted by molar-refractivity contribution is 5.95. The smallest absolute Gasteiger partial charge is 0.322 e. The minimum absolute atomic E-state index is 0.00593. The molecule has 2 fully saturated rings. The summed E-state index contributed by atoms with van der Waals surface area (Å²) in [5.41, 5.74) is 2.80. The van der Waals surface area contributed by atoms with E-state index in [2.05, 4.69) is 40.4 Å². The lowest BCUT2D eigenvalue weighted by Gasteiger charge is -2.38. The lowest BCUT2D eigenvalue weighted by Crippen LogP contribution is -2.55. The second kappa shape index (κ2) is 9.62. The van der Waals surface area contributed by atoms with Crippen LogP contribution in [0.2, 0.25) is 0 Å². The van der Waals surface area contributed by atoms with Crippen molar-refractivity contribution in [2.75, 3.05) is 42.9 Å². The first-order valence-corrected chi connectivity index (χ1v) is 12.4. The number of urea groups is 1. The second-order valence-corrected chi connectivity index (χ2v) is 9.83. The topological polar surface area (TPSA) is 80.8 Å². The molecule has 0 saturated carbocycles. The minimum atomic E-state index is -0.00593. The van der Waals surface area contributed by atoms with Crippen molar-refractivity contribution < 1.29 is 9.59 Å². The molecule has 5 rings (SSSR count). The third-order valence-electron chi connectivity index (χ3n) is 7.21. The second-order valence-electron chi connectivity index (χ2n) is 9.83. The van der Waals surface area contributed by atoms with E-state index in [-0.39, 0.29) is 30.1 Å². The Morgan fingerprint density at radius 3 is 2.53 bits per heavy atom. The molecule has 8 heteroatoms. The highest BCUT2D eigenvalue weighted by atomic mass is 16.2. The molecule has 8 nitrogen and oxygen atoms in total. The molecule has 0 spiro atoms. The number of aromatic nitrogens is 1. The maximum atomic E-state index is 13.1. The highest BCUT2D eigenvalue weighted by Crippen LogP contribution is 2.26. The van der Waals surface area contributed by atoms with Gasteiger partial charge >= 0.3 is 6.03 Å². The van der Waals surface area contributed by atoms with Crippen LogP contribution in [0.5, 0.6) is 0 Å². The van der Waals surface area contributed by atoms with Gasteiger partial charge in [-0.1, -0.05) is 18.2 Å². The van der Waals surface area contributed by atoms with E-state index in [0.717, 1.165) is 50.4 Å². The standard InChI is InChI=1S/C26H34N6O2/c1-18-16-31(17-19(2)28-18)25(33)21-7-11-27-24(15-21)30-12-9-22(10-13-30)32-14-8-20-5-3-4-6-23(20)29-26(32)34/h3-7,11,15,18-19,22,28H,8-10,12-14,16-17H2,1-2H3,(H,29,34)/t18-,19+. The number of rotatable bonds is 3. The van der Waals surface area contributed by atoms with Crippen molar-refractivity contribution in [2.45, 2.75) is 51.2 Å². The number of piperidine rings is 1. The Kier molecular flexibility index (Phi) is 6.41. The van der Waals surface area contributed by atoms with Crippen LogP contribution in [0.15, 0.2) is 42.6 Å². The van der Waals surface area contributed by atoms with Crippen LogP contribution in [0.25, 0.3) is 0 Å². The summed E-state index contributed by atoms with van der Waals surface area (Å²) in [6.45, 7) is 8.02. The van der Waals surface area contributed by atoms with Gasteiger partial charge in [-0.15, -0.1) is 0 Å². The third-order valence-corrected chi connectivity index (χ3v) is 7.21. The van der Waals surface area contributed by atoms with Gasteiger partial charge in [0.25, 0.3) is 5.91 Å². The summed E-state index contributed by atoms with van der Waals surface area (Å²) < 4.78 is 0. The van der Waals surface area contributed by atoms with Crippen LogP contribution in [0.3, 0.4) is 0 Å². The molecule has 34 heavy (non-hydrogen) atoms. The SMILES string of the molecule is C[C@@H]1CN(C(=O)c2ccnc(N3CCC(N4CCc5ccccc5NC4=O)CC3)c2)C[C@H](C)N1. The van der Waals surface area contributed by atoms with Crippen LogP contribution in [0.1, 0.15) is 42.6 Å². The van der Waals surface area contributed by atoms with Crippen molar-refractivity contribution in [3.8, 4) is 0 Å². The first-order valence-electron chi connectivity index (χ1n) is 12.4. The number of hydrogen-bond acceptors (Lipinski definition) is 5. The molecule has 2 atom stereocenters. The third kappa shape index (κ3) is 4.73. The summed E-state index contributed by atoms with van der Waals surface area (Å²) in [4.78, 5) is 36.8. The Labute approximate surface area is 201 Å². The van der Waals surface area contributed by atoms with Crippen LogP contribution >= 0.6 is 0 Å². The number of piperazine rings is 1. The van der Waals surface area contributed by atoms with E-state index in [4.69, 9.17) is 0 Å². The van der Waals surface area contributed by atoms with Crippen molar-refractivity contribution in [1.82, 2.24) is 20.1 Å². The van der Waals surface area contributed by atoms with Gasteiger partial charge in [0.15, 0.2) is 0 Å². The number of anilines is 2. The number of pyridine rings is 1. The van der Waals surface area contributed by atoms with Gasteiger partial charge in [0.1, 0.15) is 5.82 Å². The van der Waals surface area contributed by atoms with Crippen LogP contribution in [0.4, 0.5) is 16.3 Å². The molecule has 0 aliphatic carbocycles. The Bertz CT molecular complexity index is 1040. The summed E-state index contributed by atoms with van der Waals surface area (Å²) in [6, 6.07) is 12.6. The first kappa shape index (κ1) is 22.7. The van der Waals surface area contributed by atoms with Crippen molar-refractivity contribution in [2.24, 2.45) is 0 Å². The van der Waals surface area contributed by atoms with Crippen LogP contribution in [-0.2, 0) is 6.42 Å². The van der Waals surface area contributed by atoms with E-state index in [1.165, 1.54) is 5.56 Å². The number of nitrogens with one attached hydrogen (secondary N) is 2. The van der Waals surface area contributed by atoms with Crippen molar-refractivity contribution in [3.05, 3.63) is 53.7 Å². The number of para-hydroxylation sites is 1. The molecule has 1 aromatic heterocycles. The van der Waals surface area contributed by atoms with Gasteiger partial charge in [-0.25, -0.2) is 9.78 Å². The number of nitrogens with zero attached hydrogens (tertiary/aromatic N) is 4. The quantitative estimate of drug-likeness (QED) is 0.733. The minimum Gasteiger partial charge on any atom is -0.356 e. The number of fused-ring (bicyclic) bond motifs is 1. The van der Waals surface area contributed by atoms with E-state index in [1.807, 2.05) is 40.1 Å². The van der Waals surface area contributed by atoms with Gasteiger partial charge in [-0.2, -0.15) is 0 Å². The molecule has 3 aliphatic rings. The van der Waals surface area contributed by atoms with Crippen molar-refractivity contribution in [3.63, 3.8) is 0 Å². The number of amides is 3. The molecular weight excluding hydrogens is 428 g/mol. The normalized spacial score (nSPS) is 23.8. The average molecular weight is 463 g/mol. The first-order chi connectivity index (χ1) is 16.5. The van der Waals surface area contributed by atoms with Crippen molar-refractivity contribution in [1.29, 1.82) is 0 Å². The molecule has 0 bridgehead atoms. The Hall–Kier alpha value is -3.13. The summed E-state index contributed by atoms with van der Waals surface area (Å²) in [7, 11) is 0. The van der Waals surface area contributed by atoms with Gasteiger partial charge in [0.05, 0.1) is 0 Å². The van der Waals surface area contributed by atoms with Crippen LogP contribution in [0, 0.1) is 0 Å². The van der Waals surface area contributed by atoms with Crippen LogP contribution in [-0.4, -0.2) is 77.6 Å². The van der Waals surface area contributed by atoms with Gasteiger partial charge in [-0.3, -0.25) is 4.79 Å². The van der Waals surface area contributed by atoms with Crippen LogP contribution < -0.4 is 15.5 Å². The van der Waals surface area contributed by atoms with Gasteiger partial charge in [0, 0.05) is 68.3 Å². The summed E-state index contributed by atoms with van der Waals surface area (Å²) in [6.07, 6.45) is 4.38. The largest absolute Gasteiger partial charge is 0.356 e. The fourth-order valence-corrected chi connectivity index (χ4v) is 5.54. The molecule has 1 aromatic carbocycles.